The molecule has 0 bridgehead atoms. The number of phosphoric acid groups is 1. The van der Waals surface area contributed by atoms with Crippen LogP contribution >= 0.6 is 7.82 Å². The van der Waals surface area contributed by atoms with Gasteiger partial charge in [0.1, 0.15) is 6.61 Å². The summed E-state index contributed by atoms with van der Waals surface area (Å²) in [5, 5.41) is 0. The molecule has 0 aliphatic heterocycles. The fourth-order valence-electron chi connectivity index (χ4n) is 5.01. The van der Waals surface area contributed by atoms with Gasteiger partial charge in [0.25, 0.3) is 0 Å². The lowest BCUT2D eigenvalue weighted by Gasteiger charge is -2.18. The van der Waals surface area contributed by atoms with Crippen molar-refractivity contribution in [3.63, 3.8) is 0 Å². The molecule has 0 spiro atoms. The highest BCUT2D eigenvalue weighted by atomic mass is 31.2. The van der Waals surface area contributed by atoms with Crippen molar-refractivity contribution in [2.75, 3.05) is 13.2 Å². The Morgan fingerprint density at radius 1 is 0.578 bits per heavy atom. The van der Waals surface area contributed by atoms with Crippen LogP contribution in [-0.4, -0.2) is 41.0 Å². The van der Waals surface area contributed by atoms with Crippen LogP contribution in [0.4, 0.5) is 0 Å². The summed E-state index contributed by atoms with van der Waals surface area (Å²) in [5.74, 6) is -0.959. The van der Waals surface area contributed by atoms with Crippen molar-refractivity contribution in [2.45, 2.75) is 180 Å². The average molecular weight is 659 g/mol. The third-order valence-electron chi connectivity index (χ3n) is 7.74. The minimum absolute atomic E-state index is 0.109. The van der Waals surface area contributed by atoms with E-state index in [-0.39, 0.29) is 19.4 Å². The first-order valence-corrected chi connectivity index (χ1v) is 19.7. The molecule has 0 aromatic heterocycles. The monoisotopic (exact) mass is 658 g/mol. The fraction of sp³-hybridized carbons (Fsp3) is 0.833. The lowest BCUT2D eigenvalue weighted by atomic mass is 10.0. The zero-order chi connectivity index (χ0) is 33.3. The maximum Gasteiger partial charge on any atom is 0.469 e. The predicted octanol–water partition coefficient (Wildman–Crippen LogP) is 10.5. The third kappa shape index (κ3) is 35.2. The van der Waals surface area contributed by atoms with E-state index in [0.717, 1.165) is 32.1 Å². The second-order valence-electron chi connectivity index (χ2n) is 12.2. The summed E-state index contributed by atoms with van der Waals surface area (Å²) in [6, 6.07) is 0. The topological polar surface area (TPSA) is 119 Å². The van der Waals surface area contributed by atoms with Crippen molar-refractivity contribution in [3.05, 3.63) is 24.3 Å². The van der Waals surface area contributed by atoms with E-state index < -0.39 is 32.5 Å². The molecule has 0 heterocycles. The minimum Gasteiger partial charge on any atom is -0.462 e. The van der Waals surface area contributed by atoms with Gasteiger partial charge in [-0.25, -0.2) is 4.57 Å². The molecule has 9 heteroatoms. The number of unbranched alkanes of at least 4 members (excludes halogenated alkanes) is 19. The first-order valence-electron chi connectivity index (χ1n) is 18.1. The van der Waals surface area contributed by atoms with Gasteiger partial charge in [-0.1, -0.05) is 154 Å². The average Bonchev–Trinajstić information content (AvgIpc) is 3.00. The van der Waals surface area contributed by atoms with Crippen LogP contribution in [-0.2, 0) is 28.2 Å². The van der Waals surface area contributed by atoms with Crippen LogP contribution in [0, 0.1) is 0 Å². The van der Waals surface area contributed by atoms with E-state index in [0.29, 0.717) is 6.42 Å². The molecular formula is C36H67O8P. The molecule has 0 aliphatic carbocycles. The van der Waals surface area contributed by atoms with Crippen molar-refractivity contribution < 1.29 is 37.9 Å². The van der Waals surface area contributed by atoms with E-state index in [2.05, 4.69) is 30.5 Å². The molecule has 0 aliphatic rings. The maximum atomic E-state index is 12.3. The van der Waals surface area contributed by atoms with E-state index >= 15 is 0 Å². The highest BCUT2D eigenvalue weighted by Gasteiger charge is 2.22. The van der Waals surface area contributed by atoms with Gasteiger partial charge < -0.3 is 19.3 Å². The maximum absolute atomic E-state index is 12.3. The van der Waals surface area contributed by atoms with Gasteiger partial charge in [0.15, 0.2) is 6.10 Å². The van der Waals surface area contributed by atoms with Crippen molar-refractivity contribution >= 4 is 19.8 Å². The third-order valence-corrected chi connectivity index (χ3v) is 8.22. The van der Waals surface area contributed by atoms with Gasteiger partial charge in [-0.05, 0) is 32.1 Å². The van der Waals surface area contributed by atoms with Gasteiger partial charge in [-0.3, -0.25) is 14.1 Å². The molecule has 45 heavy (non-hydrogen) atoms. The fourth-order valence-corrected chi connectivity index (χ4v) is 5.37. The Morgan fingerprint density at radius 3 is 1.56 bits per heavy atom. The molecule has 0 saturated carbocycles. The Morgan fingerprint density at radius 2 is 1.04 bits per heavy atom. The lowest BCUT2D eigenvalue weighted by molar-refractivity contribution is -0.161. The minimum atomic E-state index is -4.76. The van der Waals surface area contributed by atoms with Crippen molar-refractivity contribution in [1.29, 1.82) is 0 Å². The van der Waals surface area contributed by atoms with Crippen LogP contribution < -0.4 is 0 Å². The van der Waals surface area contributed by atoms with Crippen molar-refractivity contribution in [3.8, 4) is 0 Å². The molecule has 0 fully saturated rings. The summed E-state index contributed by atoms with van der Waals surface area (Å²) in [4.78, 5) is 42.5. The zero-order valence-electron chi connectivity index (χ0n) is 28.8. The molecule has 8 nitrogen and oxygen atoms in total. The number of carbonyl (C=O) groups is 2. The largest absolute Gasteiger partial charge is 0.469 e. The smallest absolute Gasteiger partial charge is 0.462 e. The Kier molecular flexibility index (Phi) is 31.4. The van der Waals surface area contributed by atoms with Gasteiger partial charge in [-0.15, -0.1) is 0 Å². The van der Waals surface area contributed by atoms with E-state index in [9.17, 15) is 14.2 Å². The summed E-state index contributed by atoms with van der Waals surface area (Å²) >= 11 is 0. The first kappa shape index (κ1) is 43.5. The molecule has 0 aromatic carbocycles. The Labute approximate surface area is 275 Å². The van der Waals surface area contributed by atoms with Crippen LogP contribution in [0.3, 0.4) is 0 Å². The number of hydrogen-bond donors (Lipinski definition) is 2. The number of phosphoric ester groups is 1. The Balaban J connectivity index is 4.04. The van der Waals surface area contributed by atoms with Crippen molar-refractivity contribution in [2.24, 2.45) is 0 Å². The lowest BCUT2D eigenvalue weighted by Crippen LogP contribution is -2.29. The molecule has 0 saturated heterocycles. The number of ether oxygens (including phenoxy) is 2. The van der Waals surface area contributed by atoms with Crippen LogP contribution in [0.25, 0.3) is 0 Å². The molecule has 1 unspecified atom stereocenters. The van der Waals surface area contributed by atoms with Gasteiger partial charge in [-0.2, -0.15) is 0 Å². The van der Waals surface area contributed by atoms with Gasteiger partial charge in [0, 0.05) is 12.8 Å². The number of allylic oxidation sites excluding steroid dienone is 4. The standard InChI is InChI=1S/C36H67O8P/c1-3-5-7-9-11-13-15-17-19-20-22-24-26-28-30-35(37)42-32-34(33-43-45(39,40)41)44-36(38)31-29-27-25-23-21-18-16-14-12-10-8-6-4-2/h18,21,25,27,34H,3-17,19-20,22-24,26,28-33H2,1-2H3,(H2,39,40,41)/b21-18+,27-25+. The number of carbonyl (C=O) groups excluding carboxylic acids is 2. The van der Waals surface area contributed by atoms with Crippen LogP contribution in [0.1, 0.15) is 174 Å². The van der Waals surface area contributed by atoms with Gasteiger partial charge in [0.2, 0.25) is 0 Å². The summed E-state index contributed by atoms with van der Waals surface area (Å²) in [6.45, 7) is 3.61. The summed E-state index contributed by atoms with van der Waals surface area (Å²) in [7, 11) is -4.76. The zero-order valence-corrected chi connectivity index (χ0v) is 29.7. The van der Waals surface area contributed by atoms with Crippen LogP contribution in [0.5, 0.6) is 0 Å². The number of esters is 2. The predicted molar refractivity (Wildman–Crippen MR) is 184 cm³/mol. The van der Waals surface area contributed by atoms with Crippen LogP contribution in [0.15, 0.2) is 24.3 Å². The number of rotatable bonds is 33. The Hall–Kier alpha value is -1.47. The summed E-state index contributed by atoms with van der Waals surface area (Å²) in [6.07, 6.45) is 34.9. The molecular weight excluding hydrogens is 591 g/mol. The van der Waals surface area contributed by atoms with E-state index in [4.69, 9.17) is 19.3 Å². The Bertz CT molecular complexity index is 792. The molecule has 0 amide bonds. The van der Waals surface area contributed by atoms with E-state index in [1.54, 1.807) is 0 Å². The quantitative estimate of drug-likeness (QED) is 0.0309. The van der Waals surface area contributed by atoms with Crippen LogP contribution in [0.2, 0.25) is 0 Å². The SMILES string of the molecule is CCCCCCCC/C=C/C/C=C/CCC(=O)OC(COC(=O)CCCCCCCCCCCCCCCC)COP(=O)(O)O. The highest BCUT2D eigenvalue weighted by molar-refractivity contribution is 7.46. The molecule has 0 aromatic rings. The molecule has 0 rings (SSSR count). The van der Waals surface area contributed by atoms with Gasteiger partial charge >= 0.3 is 19.8 Å². The summed E-state index contributed by atoms with van der Waals surface area (Å²) in [5.41, 5.74) is 0. The molecule has 0 radical (unpaired) electrons. The number of hydrogen-bond acceptors (Lipinski definition) is 6. The first-order chi connectivity index (χ1) is 21.8. The normalized spacial score (nSPS) is 12.7. The van der Waals surface area contributed by atoms with Crippen molar-refractivity contribution in [1.82, 2.24) is 0 Å². The molecule has 2 N–H and O–H groups in total. The molecule has 1 atom stereocenters. The second-order valence-corrected chi connectivity index (χ2v) is 13.4. The molecule has 264 valence electrons. The summed E-state index contributed by atoms with van der Waals surface area (Å²) < 4.78 is 26.2. The van der Waals surface area contributed by atoms with Gasteiger partial charge in [0.05, 0.1) is 6.61 Å². The van der Waals surface area contributed by atoms with E-state index in [1.165, 1.54) is 109 Å². The highest BCUT2D eigenvalue weighted by Crippen LogP contribution is 2.35. The van der Waals surface area contributed by atoms with E-state index in [1.807, 2.05) is 12.2 Å². The second kappa shape index (κ2) is 32.5.